The number of rotatable bonds is 5. The fraction of sp³-hybridized carbons (Fsp3) is 1.00. The highest BCUT2D eigenvalue weighted by molar-refractivity contribution is 4.91. The van der Waals surface area contributed by atoms with Crippen LogP contribution in [0.25, 0.3) is 0 Å². The highest BCUT2D eigenvalue weighted by Crippen LogP contribution is 2.31. The molecule has 2 rings (SSSR count). The third-order valence-corrected chi connectivity index (χ3v) is 3.80. The largest absolute Gasteiger partial charge is 0.378 e. The average Bonchev–Trinajstić information content (AvgIpc) is 2.59. The molecule has 0 radical (unpaired) electrons. The summed E-state index contributed by atoms with van der Waals surface area (Å²) in [5.41, 5.74) is 0. The van der Waals surface area contributed by atoms with Crippen molar-refractivity contribution in [2.75, 3.05) is 33.3 Å². The summed E-state index contributed by atoms with van der Waals surface area (Å²) in [6.07, 6.45) is 4.46. The van der Waals surface area contributed by atoms with E-state index in [0.717, 1.165) is 18.6 Å². The van der Waals surface area contributed by atoms with E-state index >= 15 is 0 Å². The van der Waals surface area contributed by atoms with Gasteiger partial charge >= 0.3 is 0 Å². The molecule has 1 heterocycles. The second-order valence-corrected chi connectivity index (χ2v) is 4.91. The van der Waals surface area contributed by atoms with E-state index in [0.29, 0.717) is 6.10 Å². The van der Waals surface area contributed by atoms with Crippen LogP contribution in [0.15, 0.2) is 0 Å². The van der Waals surface area contributed by atoms with Gasteiger partial charge in [-0.1, -0.05) is 0 Å². The van der Waals surface area contributed by atoms with Gasteiger partial charge in [0.2, 0.25) is 0 Å². The molecule has 15 heavy (non-hydrogen) atoms. The van der Waals surface area contributed by atoms with E-state index in [1.807, 2.05) is 0 Å². The Bertz CT molecular complexity index is 192. The van der Waals surface area contributed by atoms with Crippen LogP contribution in [0.3, 0.4) is 0 Å². The van der Waals surface area contributed by atoms with E-state index in [1.54, 1.807) is 0 Å². The number of nitrogens with one attached hydrogen (secondary N) is 1. The van der Waals surface area contributed by atoms with Crippen LogP contribution in [0, 0.1) is 5.92 Å². The first-order valence-corrected chi connectivity index (χ1v) is 6.33. The van der Waals surface area contributed by atoms with Gasteiger partial charge < -0.3 is 10.1 Å². The van der Waals surface area contributed by atoms with Gasteiger partial charge in [-0.15, -0.1) is 0 Å². The van der Waals surface area contributed by atoms with Crippen molar-refractivity contribution in [3.8, 4) is 0 Å². The summed E-state index contributed by atoms with van der Waals surface area (Å²) < 4.78 is 5.60. The maximum absolute atomic E-state index is 5.60. The van der Waals surface area contributed by atoms with Gasteiger partial charge in [-0.25, -0.2) is 0 Å². The molecule has 1 unspecified atom stereocenters. The lowest BCUT2D eigenvalue weighted by atomic mass is 9.88. The molecule has 0 spiro atoms. The highest BCUT2D eigenvalue weighted by Gasteiger charge is 2.37. The number of ether oxygens (including phenoxy) is 1. The fourth-order valence-corrected chi connectivity index (χ4v) is 2.86. The number of likely N-dealkylation sites (tertiary alicyclic amines) is 1. The summed E-state index contributed by atoms with van der Waals surface area (Å²) in [5.74, 6) is 0.876. The molecule has 2 fully saturated rings. The van der Waals surface area contributed by atoms with E-state index in [4.69, 9.17) is 4.74 Å². The molecule has 1 N–H and O–H groups in total. The molecule has 2 aliphatic rings. The molecule has 0 aromatic heterocycles. The topological polar surface area (TPSA) is 24.5 Å². The minimum absolute atomic E-state index is 0.559. The van der Waals surface area contributed by atoms with Gasteiger partial charge in [0, 0.05) is 19.2 Å². The summed E-state index contributed by atoms with van der Waals surface area (Å²) >= 11 is 0. The molecule has 1 aliphatic carbocycles. The van der Waals surface area contributed by atoms with Crippen LogP contribution in [-0.2, 0) is 4.74 Å². The van der Waals surface area contributed by atoms with Gasteiger partial charge in [0.25, 0.3) is 0 Å². The van der Waals surface area contributed by atoms with Crippen LogP contribution in [0.4, 0.5) is 0 Å². The monoisotopic (exact) mass is 212 g/mol. The van der Waals surface area contributed by atoms with Crippen LogP contribution in [0.5, 0.6) is 0 Å². The Morgan fingerprint density at radius 1 is 1.40 bits per heavy atom. The zero-order valence-corrected chi connectivity index (χ0v) is 10.0. The van der Waals surface area contributed by atoms with Gasteiger partial charge in [0.1, 0.15) is 0 Å². The van der Waals surface area contributed by atoms with E-state index in [2.05, 4.69) is 24.2 Å². The van der Waals surface area contributed by atoms with Gasteiger partial charge in [0.15, 0.2) is 0 Å². The van der Waals surface area contributed by atoms with Crippen molar-refractivity contribution in [2.45, 2.75) is 38.3 Å². The van der Waals surface area contributed by atoms with Crippen LogP contribution < -0.4 is 5.32 Å². The first-order valence-electron chi connectivity index (χ1n) is 6.33. The third-order valence-electron chi connectivity index (χ3n) is 3.80. The lowest BCUT2D eigenvalue weighted by Crippen LogP contribution is -2.47. The predicted octanol–water partition coefficient (Wildman–Crippen LogP) is 1.10. The zero-order valence-electron chi connectivity index (χ0n) is 10.0. The van der Waals surface area contributed by atoms with Gasteiger partial charge in [-0.05, 0) is 52.2 Å². The second kappa shape index (κ2) is 5.28. The molecule has 0 bridgehead atoms. The summed E-state index contributed by atoms with van der Waals surface area (Å²) in [5, 5.41) is 3.28. The summed E-state index contributed by atoms with van der Waals surface area (Å²) in [7, 11) is 2.05. The lowest BCUT2D eigenvalue weighted by molar-refractivity contribution is -0.0415. The van der Waals surface area contributed by atoms with Gasteiger partial charge in [0.05, 0.1) is 6.10 Å². The van der Waals surface area contributed by atoms with Crippen molar-refractivity contribution >= 4 is 0 Å². The van der Waals surface area contributed by atoms with E-state index < -0.39 is 0 Å². The lowest BCUT2D eigenvalue weighted by Gasteiger charge is -2.41. The van der Waals surface area contributed by atoms with Crippen molar-refractivity contribution in [2.24, 2.45) is 5.92 Å². The van der Waals surface area contributed by atoms with Crippen LogP contribution in [0.1, 0.15) is 26.2 Å². The minimum atomic E-state index is 0.559. The van der Waals surface area contributed by atoms with Crippen molar-refractivity contribution in [1.29, 1.82) is 0 Å². The molecule has 1 saturated heterocycles. The van der Waals surface area contributed by atoms with Crippen LogP contribution in [0.2, 0.25) is 0 Å². The Hall–Kier alpha value is -0.120. The van der Waals surface area contributed by atoms with E-state index in [-0.39, 0.29) is 0 Å². The van der Waals surface area contributed by atoms with Crippen molar-refractivity contribution in [3.05, 3.63) is 0 Å². The number of hydrogen-bond donors (Lipinski definition) is 1. The maximum Gasteiger partial charge on any atom is 0.0604 e. The van der Waals surface area contributed by atoms with Crippen LogP contribution >= 0.6 is 0 Å². The molecule has 88 valence electrons. The molecule has 1 aliphatic heterocycles. The summed E-state index contributed by atoms with van der Waals surface area (Å²) in [6.45, 7) is 6.74. The molecular formula is C12H24N2O. The third kappa shape index (κ3) is 2.71. The van der Waals surface area contributed by atoms with Gasteiger partial charge in [-0.3, -0.25) is 4.90 Å². The number of hydrogen-bond acceptors (Lipinski definition) is 3. The smallest absolute Gasteiger partial charge is 0.0604 e. The SMILES string of the molecule is CCOC1CC(N2CCC(CNC)C2)C1. The van der Waals surface area contributed by atoms with E-state index in [1.165, 1.54) is 38.9 Å². The molecule has 1 atom stereocenters. The average molecular weight is 212 g/mol. The molecular weight excluding hydrogens is 188 g/mol. The fourth-order valence-electron chi connectivity index (χ4n) is 2.86. The van der Waals surface area contributed by atoms with Crippen LogP contribution in [-0.4, -0.2) is 50.3 Å². The highest BCUT2D eigenvalue weighted by atomic mass is 16.5. The normalized spacial score (nSPS) is 36.8. The first kappa shape index (κ1) is 11.4. The Kier molecular flexibility index (Phi) is 4.00. The van der Waals surface area contributed by atoms with Gasteiger partial charge in [-0.2, -0.15) is 0 Å². The molecule has 3 heteroatoms. The minimum Gasteiger partial charge on any atom is -0.378 e. The Balaban J connectivity index is 1.65. The first-order chi connectivity index (χ1) is 7.33. The van der Waals surface area contributed by atoms with Crippen molar-refractivity contribution < 1.29 is 4.74 Å². The molecule has 1 saturated carbocycles. The van der Waals surface area contributed by atoms with Crippen molar-refractivity contribution in [3.63, 3.8) is 0 Å². The standard InChI is InChI=1S/C12H24N2O/c1-3-15-12-6-11(7-12)14-5-4-10(9-14)8-13-2/h10-13H,3-9H2,1-2H3. The molecule has 0 aromatic carbocycles. The van der Waals surface area contributed by atoms with E-state index in [9.17, 15) is 0 Å². The molecule has 3 nitrogen and oxygen atoms in total. The zero-order chi connectivity index (χ0) is 10.7. The molecule has 0 aromatic rings. The Morgan fingerprint density at radius 3 is 2.87 bits per heavy atom. The van der Waals surface area contributed by atoms with Crippen molar-refractivity contribution in [1.82, 2.24) is 10.2 Å². The molecule has 0 amide bonds. The predicted molar refractivity (Wildman–Crippen MR) is 62.0 cm³/mol. The summed E-state index contributed by atoms with van der Waals surface area (Å²) in [6, 6.07) is 0.823. The second-order valence-electron chi connectivity index (χ2n) is 4.91. The Morgan fingerprint density at radius 2 is 2.20 bits per heavy atom. The number of nitrogens with zero attached hydrogens (tertiary/aromatic N) is 1. The summed E-state index contributed by atoms with van der Waals surface area (Å²) in [4.78, 5) is 2.66. The maximum atomic E-state index is 5.60. The quantitative estimate of drug-likeness (QED) is 0.738. The Labute approximate surface area is 93.2 Å².